The van der Waals surface area contributed by atoms with Crippen molar-refractivity contribution in [1.29, 1.82) is 10.5 Å². The van der Waals surface area contributed by atoms with Crippen LogP contribution in [0.15, 0.2) is 133 Å². The second-order valence-electron chi connectivity index (χ2n) is 10.5. The zero-order valence-electron chi connectivity index (χ0n) is 22.5. The van der Waals surface area contributed by atoms with E-state index in [1.165, 1.54) is 10.8 Å². The van der Waals surface area contributed by atoms with Gasteiger partial charge >= 0.3 is 0 Å². The predicted molar refractivity (Wildman–Crippen MR) is 170 cm³/mol. The number of nitriles is 2. The fourth-order valence-corrected chi connectivity index (χ4v) is 6.37. The van der Waals surface area contributed by atoms with E-state index in [1.807, 2.05) is 18.2 Å². The maximum atomic E-state index is 9.84. The molecule has 42 heavy (non-hydrogen) atoms. The minimum absolute atomic E-state index is 0.462. The Morgan fingerprint density at radius 2 is 0.929 bits per heavy atom. The van der Waals surface area contributed by atoms with Crippen molar-refractivity contribution in [2.24, 2.45) is 0 Å². The highest BCUT2D eigenvalue weighted by Crippen LogP contribution is 2.41. The normalized spacial score (nSPS) is 11.3. The van der Waals surface area contributed by atoms with E-state index in [1.54, 1.807) is 6.07 Å². The van der Waals surface area contributed by atoms with Gasteiger partial charge in [0.1, 0.15) is 0 Å². The predicted octanol–water partition coefficient (Wildman–Crippen LogP) is 9.29. The topological polar surface area (TPSA) is 57.4 Å². The Morgan fingerprint density at radius 3 is 1.50 bits per heavy atom. The molecule has 0 N–H and O–H groups in total. The number of nitrogens with zero attached hydrogens (tertiary/aromatic N) is 4. The van der Waals surface area contributed by atoms with Crippen LogP contribution in [-0.2, 0) is 0 Å². The van der Waals surface area contributed by atoms with Crippen LogP contribution in [0, 0.1) is 22.7 Å². The summed E-state index contributed by atoms with van der Waals surface area (Å²) >= 11 is 0. The van der Waals surface area contributed by atoms with Crippen molar-refractivity contribution in [2.75, 3.05) is 0 Å². The highest BCUT2D eigenvalue weighted by atomic mass is 15.0. The zero-order chi connectivity index (χ0) is 28.2. The molecule has 194 valence electrons. The molecule has 0 atom stereocenters. The lowest BCUT2D eigenvalue weighted by Gasteiger charge is -2.16. The van der Waals surface area contributed by atoms with Crippen molar-refractivity contribution >= 4 is 43.6 Å². The molecule has 0 aliphatic carbocycles. The molecule has 4 nitrogen and oxygen atoms in total. The summed E-state index contributed by atoms with van der Waals surface area (Å²) in [4.78, 5) is 0. The molecule has 0 bridgehead atoms. The highest BCUT2D eigenvalue weighted by Gasteiger charge is 2.20. The van der Waals surface area contributed by atoms with Crippen LogP contribution in [0.25, 0.3) is 66.1 Å². The van der Waals surface area contributed by atoms with Gasteiger partial charge in [0.05, 0.1) is 51.0 Å². The van der Waals surface area contributed by atoms with Gasteiger partial charge in [0, 0.05) is 32.8 Å². The average molecular weight is 535 g/mol. The van der Waals surface area contributed by atoms with E-state index in [0.29, 0.717) is 11.1 Å². The lowest BCUT2D eigenvalue weighted by molar-refractivity contribution is 1.16. The Morgan fingerprint density at radius 1 is 0.429 bits per heavy atom. The average Bonchev–Trinajstić information content (AvgIpc) is 3.56. The fourth-order valence-electron chi connectivity index (χ4n) is 6.37. The summed E-state index contributed by atoms with van der Waals surface area (Å²) in [6, 6.07) is 50.2. The van der Waals surface area contributed by atoms with Crippen LogP contribution in [0.4, 0.5) is 0 Å². The second kappa shape index (κ2) is 9.24. The molecule has 2 heterocycles. The number of hydrogen-bond acceptors (Lipinski definition) is 2. The Labute approximate surface area is 242 Å². The maximum absolute atomic E-state index is 9.84. The summed E-state index contributed by atoms with van der Waals surface area (Å²) in [5.74, 6) is 0. The van der Waals surface area contributed by atoms with Gasteiger partial charge in [-0.1, -0.05) is 72.8 Å². The number of aromatic nitrogens is 2. The summed E-state index contributed by atoms with van der Waals surface area (Å²) in [5, 5.41) is 24.3. The largest absolute Gasteiger partial charge is 0.309 e. The number of rotatable bonds is 3. The standard InChI is InChI=1S/C38H22N4/c39-23-25-18-26(24-40)20-27(19-25)32-21-33-31-14-6-7-15-34(31)41(28-10-2-1-3-11-28)38(33)22-37(32)42-35-16-8-4-12-29(35)30-13-5-9-17-36(30)42/h1-22H. The minimum Gasteiger partial charge on any atom is -0.309 e. The van der Waals surface area contributed by atoms with Gasteiger partial charge in [-0.05, 0) is 66.2 Å². The summed E-state index contributed by atoms with van der Waals surface area (Å²) in [7, 11) is 0. The molecule has 0 aliphatic heterocycles. The Kier molecular flexibility index (Phi) is 5.22. The van der Waals surface area contributed by atoms with Crippen molar-refractivity contribution in [3.05, 3.63) is 145 Å². The van der Waals surface area contributed by atoms with Crippen molar-refractivity contribution < 1.29 is 0 Å². The number of benzene rings is 6. The zero-order valence-corrected chi connectivity index (χ0v) is 22.5. The van der Waals surface area contributed by atoms with Crippen molar-refractivity contribution in [1.82, 2.24) is 9.13 Å². The quantitative estimate of drug-likeness (QED) is 0.227. The Bertz CT molecular complexity index is 2340. The Hall–Kier alpha value is -6.10. The number of fused-ring (bicyclic) bond motifs is 6. The maximum Gasteiger partial charge on any atom is 0.0992 e. The van der Waals surface area contributed by atoms with E-state index in [0.717, 1.165) is 55.3 Å². The summed E-state index contributed by atoms with van der Waals surface area (Å²) < 4.78 is 4.63. The first kappa shape index (κ1) is 23.8. The third kappa shape index (κ3) is 3.47. The molecular formula is C38H22N4. The molecule has 8 aromatic rings. The first-order valence-electron chi connectivity index (χ1n) is 13.8. The molecule has 0 amide bonds. The van der Waals surface area contributed by atoms with Gasteiger partial charge < -0.3 is 9.13 Å². The van der Waals surface area contributed by atoms with Crippen molar-refractivity contribution in [3.8, 4) is 34.6 Å². The van der Waals surface area contributed by atoms with Crippen molar-refractivity contribution in [3.63, 3.8) is 0 Å². The number of para-hydroxylation sites is 4. The molecule has 0 saturated carbocycles. The lowest BCUT2D eigenvalue weighted by atomic mass is 9.96. The van der Waals surface area contributed by atoms with Gasteiger partial charge in [0.15, 0.2) is 0 Å². The SMILES string of the molecule is N#Cc1cc(C#N)cc(-c2cc3c4ccccc4n(-c4ccccc4)c3cc2-n2c3ccccc3c3ccccc32)c1. The van der Waals surface area contributed by atoms with Crippen LogP contribution < -0.4 is 0 Å². The molecule has 8 rings (SSSR count). The van der Waals surface area contributed by atoms with Crippen LogP contribution in [-0.4, -0.2) is 9.13 Å². The molecule has 6 aromatic carbocycles. The first-order valence-corrected chi connectivity index (χ1v) is 13.8. The van der Waals surface area contributed by atoms with E-state index in [9.17, 15) is 10.5 Å². The van der Waals surface area contributed by atoms with E-state index in [2.05, 4.69) is 130 Å². The third-order valence-corrected chi connectivity index (χ3v) is 8.13. The molecule has 4 heteroatoms. The molecular weight excluding hydrogens is 512 g/mol. The smallest absolute Gasteiger partial charge is 0.0992 e. The monoisotopic (exact) mass is 534 g/mol. The van der Waals surface area contributed by atoms with Gasteiger partial charge in [0.25, 0.3) is 0 Å². The molecule has 0 spiro atoms. The van der Waals surface area contributed by atoms with Gasteiger partial charge in [0.2, 0.25) is 0 Å². The van der Waals surface area contributed by atoms with Crippen LogP contribution >= 0.6 is 0 Å². The summed E-state index contributed by atoms with van der Waals surface area (Å²) in [6.07, 6.45) is 0. The van der Waals surface area contributed by atoms with Crippen LogP contribution in [0.5, 0.6) is 0 Å². The number of hydrogen-bond donors (Lipinski definition) is 0. The highest BCUT2D eigenvalue weighted by molar-refractivity contribution is 6.14. The van der Waals surface area contributed by atoms with Crippen LogP contribution in [0.3, 0.4) is 0 Å². The fraction of sp³-hybridized carbons (Fsp3) is 0. The molecule has 0 saturated heterocycles. The summed E-state index contributed by atoms with van der Waals surface area (Å²) in [6.45, 7) is 0. The molecule has 0 unspecified atom stereocenters. The van der Waals surface area contributed by atoms with Crippen LogP contribution in [0.1, 0.15) is 11.1 Å². The molecule has 0 aliphatic rings. The third-order valence-electron chi connectivity index (χ3n) is 8.13. The second-order valence-corrected chi connectivity index (χ2v) is 10.5. The first-order chi connectivity index (χ1) is 20.7. The van der Waals surface area contributed by atoms with E-state index in [4.69, 9.17) is 0 Å². The molecule has 2 aromatic heterocycles. The van der Waals surface area contributed by atoms with Gasteiger partial charge in [-0.3, -0.25) is 0 Å². The van der Waals surface area contributed by atoms with E-state index < -0.39 is 0 Å². The van der Waals surface area contributed by atoms with Gasteiger partial charge in [-0.25, -0.2) is 0 Å². The van der Waals surface area contributed by atoms with Crippen molar-refractivity contribution in [2.45, 2.75) is 0 Å². The summed E-state index contributed by atoms with van der Waals surface area (Å²) in [5.41, 5.74) is 9.18. The van der Waals surface area contributed by atoms with Gasteiger partial charge in [-0.15, -0.1) is 0 Å². The van der Waals surface area contributed by atoms with E-state index in [-0.39, 0.29) is 0 Å². The minimum atomic E-state index is 0.462. The lowest BCUT2D eigenvalue weighted by Crippen LogP contribution is -2.00. The Balaban J connectivity index is 1.59. The van der Waals surface area contributed by atoms with Crippen LogP contribution in [0.2, 0.25) is 0 Å². The molecule has 0 fully saturated rings. The van der Waals surface area contributed by atoms with E-state index >= 15 is 0 Å². The van der Waals surface area contributed by atoms with Gasteiger partial charge in [-0.2, -0.15) is 10.5 Å². The molecule has 0 radical (unpaired) electrons.